The van der Waals surface area contributed by atoms with Gasteiger partial charge in [0.05, 0.1) is 5.69 Å². The minimum absolute atomic E-state index is 0.0452. The van der Waals surface area contributed by atoms with Crippen molar-refractivity contribution in [2.45, 2.75) is 19.0 Å². The number of para-hydroxylation sites is 1. The molecule has 3 N–H and O–H groups in total. The normalized spacial score (nSPS) is 11.2. The Morgan fingerprint density at radius 2 is 2.00 bits per heavy atom. The first-order valence-electron chi connectivity index (χ1n) is 6.13. The quantitative estimate of drug-likeness (QED) is 0.599. The summed E-state index contributed by atoms with van der Waals surface area (Å²) in [7, 11) is 0. The topological polar surface area (TPSA) is 64.3 Å². The molecule has 0 bridgehead atoms. The first-order valence-corrected chi connectivity index (χ1v) is 6.53. The van der Waals surface area contributed by atoms with Crippen LogP contribution in [-0.4, -0.2) is 30.3 Å². The Hall–Kier alpha value is -1.67. The second-order valence-corrected chi connectivity index (χ2v) is 4.67. The van der Waals surface area contributed by atoms with Gasteiger partial charge in [-0.25, -0.2) is 0 Å². The number of carbonyl (C=O) groups is 1. The highest BCUT2D eigenvalue weighted by Crippen LogP contribution is 2.16. The lowest BCUT2D eigenvalue weighted by Gasteiger charge is -2.10. The van der Waals surface area contributed by atoms with Gasteiger partial charge in [-0.15, -0.1) is 0 Å². The van der Waals surface area contributed by atoms with Gasteiger partial charge in [-0.3, -0.25) is 4.79 Å². The fraction of sp³-hybridized carbons (Fsp3) is 0.385. The molecule has 4 nitrogen and oxygen atoms in total. The molecule has 21 heavy (non-hydrogen) atoms. The van der Waals surface area contributed by atoms with E-state index in [9.17, 15) is 18.0 Å². The van der Waals surface area contributed by atoms with E-state index >= 15 is 0 Å². The van der Waals surface area contributed by atoms with Crippen LogP contribution in [0.15, 0.2) is 24.3 Å². The van der Waals surface area contributed by atoms with Gasteiger partial charge in [0, 0.05) is 18.6 Å². The van der Waals surface area contributed by atoms with Crippen molar-refractivity contribution in [1.82, 2.24) is 0 Å². The fourth-order valence-corrected chi connectivity index (χ4v) is 1.72. The molecule has 8 heteroatoms. The zero-order valence-electron chi connectivity index (χ0n) is 11.1. The number of hydrogen-bond donors (Lipinski definition) is 2. The van der Waals surface area contributed by atoms with Crippen molar-refractivity contribution in [2.75, 3.05) is 18.5 Å². The van der Waals surface area contributed by atoms with Crippen molar-refractivity contribution in [3.63, 3.8) is 0 Å². The summed E-state index contributed by atoms with van der Waals surface area (Å²) in [5.41, 5.74) is 6.54. The van der Waals surface area contributed by atoms with Crippen LogP contribution in [0.3, 0.4) is 0 Å². The zero-order valence-corrected chi connectivity index (χ0v) is 11.9. The second kappa shape index (κ2) is 7.94. The molecule has 0 unspecified atom stereocenters. The first kappa shape index (κ1) is 17.4. The number of amides is 1. The third-order valence-electron chi connectivity index (χ3n) is 2.42. The number of benzene rings is 1. The minimum atomic E-state index is -4.35. The summed E-state index contributed by atoms with van der Waals surface area (Å²) in [4.78, 5) is 11.8. The van der Waals surface area contributed by atoms with Gasteiger partial charge in [0.2, 0.25) is 5.91 Å². The Bertz CT molecular complexity index is 506. The molecule has 0 fully saturated rings. The maximum absolute atomic E-state index is 11.8. The number of anilines is 1. The maximum Gasteiger partial charge on any atom is 0.411 e. The van der Waals surface area contributed by atoms with Crippen molar-refractivity contribution in [2.24, 2.45) is 5.73 Å². The molecular weight excluding hydrogens is 305 g/mol. The van der Waals surface area contributed by atoms with Gasteiger partial charge in [-0.2, -0.15) is 13.2 Å². The molecule has 0 saturated heterocycles. The molecule has 0 aromatic heterocycles. The van der Waals surface area contributed by atoms with E-state index in [1.165, 1.54) is 0 Å². The zero-order chi connectivity index (χ0) is 15.9. The Balaban J connectivity index is 2.36. The van der Waals surface area contributed by atoms with Crippen LogP contribution in [0.25, 0.3) is 0 Å². The molecule has 1 amide bonds. The van der Waals surface area contributed by atoms with Gasteiger partial charge in [0.15, 0.2) is 0 Å². The predicted octanol–water partition coefficient (Wildman–Crippen LogP) is 2.62. The smallest absolute Gasteiger partial charge is 0.389 e. The van der Waals surface area contributed by atoms with Crippen molar-refractivity contribution in [1.29, 1.82) is 0 Å². The first-order chi connectivity index (χ1) is 9.79. The van der Waals surface area contributed by atoms with Gasteiger partial charge in [-0.1, -0.05) is 24.4 Å². The highest BCUT2D eigenvalue weighted by Gasteiger charge is 2.27. The van der Waals surface area contributed by atoms with Gasteiger partial charge >= 0.3 is 6.18 Å². The van der Waals surface area contributed by atoms with Crippen LogP contribution in [0, 0.1) is 0 Å². The number of rotatable bonds is 7. The maximum atomic E-state index is 11.8. The number of nitrogens with two attached hydrogens (primary N) is 1. The highest BCUT2D eigenvalue weighted by molar-refractivity contribution is 7.80. The summed E-state index contributed by atoms with van der Waals surface area (Å²) in [6.45, 7) is -1.44. The minimum Gasteiger partial charge on any atom is -0.389 e. The van der Waals surface area contributed by atoms with E-state index in [0.717, 1.165) is 0 Å². The molecule has 0 saturated carbocycles. The Kier molecular flexibility index (Phi) is 6.57. The SMILES string of the molecule is NC(=S)c1ccccc1NC(=O)CCCOCC(F)(F)F. The Labute approximate surface area is 125 Å². The monoisotopic (exact) mass is 320 g/mol. The molecule has 0 spiro atoms. The summed E-state index contributed by atoms with van der Waals surface area (Å²) >= 11 is 4.86. The second-order valence-electron chi connectivity index (χ2n) is 4.23. The predicted molar refractivity (Wildman–Crippen MR) is 77.1 cm³/mol. The fourth-order valence-electron chi connectivity index (χ4n) is 1.54. The number of thiocarbonyl (C=S) groups is 1. The van der Waals surface area contributed by atoms with Gasteiger partial charge < -0.3 is 15.8 Å². The van der Waals surface area contributed by atoms with Crippen LogP contribution in [-0.2, 0) is 9.53 Å². The van der Waals surface area contributed by atoms with E-state index in [1.807, 2.05) is 0 Å². The molecule has 0 radical (unpaired) electrons. The van der Waals surface area contributed by atoms with Crippen molar-refractivity contribution >= 4 is 28.8 Å². The molecule has 0 aliphatic rings. The molecule has 1 aromatic rings. The summed E-state index contributed by atoms with van der Waals surface area (Å²) in [5.74, 6) is -0.339. The standard InChI is InChI=1S/C13H15F3N2O2S/c14-13(15,16)8-20-7-3-6-11(19)18-10-5-2-1-4-9(10)12(17)21/h1-2,4-5H,3,6-8H2,(H2,17,21)(H,18,19). The molecular formula is C13H15F3N2O2S. The molecule has 1 aromatic carbocycles. The van der Waals surface area contributed by atoms with Crippen LogP contribution in [0.1, 0.15) is 18.4 Å². The van der Waals surface area contributed by atoms with Crippen molar-refractivity contribution in [3.05, 3.63) is 29.8 Å². The van der Waals surface area contributed by atoms with Crippen molar-refractivity contribution in [3.8, 4) is 0 Å². The number of halogens is 3. The lowest BCUT2D eigenvalue weighted by Crippen LogP contribution is -2.19. The summed E-state index contributed by atoms with van der Waals surface area (Å²) in [5, 5.41) is 2.61. The molecule has 0 heterocycles. The highest BCUT2D eigenvalue weighted by atomic mass is 32.1. The summed E-state index contributed by atoms with van der Waals surface area (Å²) in [6, 6.07) is 6.76. The number of carbonyl (C=O) groups excluding carboxylic acids is 1. The Morgan fingerprint density at radius 3 is 2.62 bits per heavy atom. The van der Waals surface area contributed by atoms with Crippen LogP contribution in [0.2, 0.25) is 0 Å². The molecule has 1 rings (SSSR count). The Morgan fingerprint density at radius 1 is 1.33 bits per heavy atom. The van der Waals surface area contributed by atoms with Gasteiger partial charge in [0.25, 0.3) is 0 Å². The van der Waals surface area contributed by atoms with Gasteiger partial charge in [0.1, 0.15) is 11.6 Å². The van der Waals surface area contributed by atoms with E-state index in [0.29, 0.717) is 11.3 Å². The lowest BCUT2D eigenvalue weighted by atomic mass is 10.1. The third-order valence-corrected chi connectivity index (χ3v) is 2.64. The summed E-state index contributed by atoms with van der Waals surface area (Å²) in [6.07, 6.45) is -4.11. The average molecular weight is 320 g/mol. The van der Waals surface area contributed by atoms with Crippen LogP contribution >= 0.6 is 12.2 Å². The van der Waals surface area contributed by atoms with E-state index in [4.69, 9.17) is 18.0 Å². The van der Waals surface area contributed by atoms with E-state index < -0.39 is 12.8 Å². The van der Waals surface area contributed by atoms with E-state index in [-0.39, 0.29) is 30.3 Å². The lowest BCUT2D eigenvalue weighted by molar-refractivity contribution is -0.174. The number of nitrogens with one attached hydrogen (secondary N) is 1. The molecule has 0 aliphatic carbocycles. The third kappa shape index (κ3) is 7.05. The number of ether oxygens (including phenoxy) is 1. The number of alkyl halides is 3. The molecule has 0 atom stereocenters. The van der Waals surface area contributed by atoms with Crippen molar-refractivity contribution < 1.29 is 22.7 Å². The van der Waals surface area contributed by atoms with Crippen LogP contribution in [0.4, 0.5) is 18.9 Å². The van der Waals surface area contributed by atoms with Crippen LogP contribution in [0.5, 0.6) is 0 Å². The largest absolute Gasteiger partial charge is 0.411 e. The molecule has 0 aliphatic heterocycles. The number of hydrogen-bond acceptors (Lipinski definition) is 3. The van der Waals surface area contributed by atoms with Gasteiger partial charge in [-0.05, 0) is 18.6 Å². The van der Waals surface area contributed by atoms with Crippen LogP contribution < -0.4 is 11.1 Å². The van der Waals surface area contributed by atoms with E-state index in [2.05, 4.69) is 10.1 Å². The molecule has 116 valence electrons. The van der Waals surface area contributed by atoms with E-state index in [1.54, 1.807) is 24.3 Å². The average Bonchev–Trinajstić information content (AvgIpc) is 2.37. The summed E-state index contributed by atoms with van der Waals surface area (Å²) < 4.78 is 39.9.